The van der Waals surface area contributed by atoms with E-state index in [0.717, 1.165) is 6.29 Å². The van der Waals surface area contributed by atoms with Crippen molar-refractivity contribution in [1.82, 2.24) is 5.32 Å². The van der Waals surface area contributed by atoms with Gasteiger partial charge in [0.15, 0.2) is 0 Å². The zero-order chi connectivity index (χ0) is 11.0. The van der Waals surface area contributed by atoms with Crippen molar-refractivity contribution in [2.75, 3.05) is 0 Å². The van der Waals surface area contributed by atoms with Crippen LogP contribution < -0.4 is 11.1 Å². The average Bonchev–Trinajstić information content (AvgIpc) is 2.12. The van der Waals surface area contributed by atoms with Gasteiger partial charge in [0.1, 0.15) is 6.29 Å². The fourth-order valence-electron chi connectivity index (χ4n) is 0.827. The summed E-state index contributed by atoms with van der Waals surface area (Å²) in [6, 6.07) is -0.672. The number of imide groups is 1. The van der Waals surface area contributed by atoms with Crippen molar-refractivity contribution >= 4 is 18.1 Å². The first-order valence-electron chi connectivity index (χ1n) is 4.61. The van der Waals surface area contributed by atoms with Gasteiger partial charge in [-0.3, -0.25) is 14.9 Å². The molecular weight excluding hydrogens is 184 g/mol. The number of unbranched alkanes of at least 4 members (excludes halogenated alkanes) is 2. The third-order valence-corrected chi connectivity index (χ3v) is 1.65. The highest BCUT2D eigenvalue weighted by Crippen LogP contribution is 1.97. The van der Waals surface area contributed by atoms with E-state index in [2.05, 4.69) is 5.32 Å². The zero-order valence-electron chi connectivity index (χ0n) is 8.29. The number of hydrogen-bond acceptors (Lipinski definition) is 4. The minimum absolute atomic E-state index is 0.256. The van der Waals surface area contributed by atoms with E-state index < -0.39 is 11.9 Å². The van der Waals surface area contributed by atoms with Crippen LogP contribution in [0.5, 0.6) is 0 Å². The Morgan fingerprint density at radius 3 is 2.57 bits per heavy atom. The van der Waals surface area contributed by atoms with Crippen LogP contribution in [0.3, 0.4) is 0 Å². The van der Waals surface area contributed by atoms with Crippen molar-refractivity contribution in [3.63, 3.8) is 0 Å². The van der Waals surface area contributed by atoms with Crippen LogP contribution in [0.4, 0.5) is 0 Å². The maximum atomic E-state index is 11.0. The Morgan fingerprint density at radius 2 is 2.07 bits per heavy atom. The van der Waals surface area contributed by atoms with Crippen LogP contribution in [-0.2, 0) is 14.4 Å². The molecule has 0 aromatic rings. The quantitative estimate of drug-likeness (QED) is 0.456. The van der Waals surface area contributed by atoms with Gasteiger partial charge >= 0.3 is 0 Å². The van der Waals surface area contributed by atoms with Crippen molar-refractivity contribution in [2.24, 2.45) is 5.73 Å². The molecule has 0 spiro atoms. The van der Waals surface area contributed by atoms with Crippen LogP contribution >= 0.6 is 0 Å². The van der Waals surface area contributed by atoms with Gasteiger partial charge in [-0.25, -0.2) is 0 Å². The zero-order valence-corrected chi connectivity index (χ0v) is 8.29. The molecule has 0 radical (unpaired) electrons. The van der Waals surface area contributed by atoms with Crippen LogP contribution in [-0.4, -0.2) is 24.1 Å². The number of nitrogens with one attached hydrogen (secondary N) is 1. The summed E-state index contributed by atoms with van der Waals surface area (Å²) in [5, 5.41) is 2.17. The van der Waals surface area contributed by atoms with E-state index in [4.69, 9.17) is 5.73 Å². The lowest BCUT2D eigenvalue weighted by molar-refractivity contribution is -0.131. The minimum Gasteiger partial charge on any atom is -0.320 e. The second-order valence-electron chi connectivity index (χ2n) is 3.11. The highest BCUT2D eigenvalue weighted by molar-refractivity contribution is 5.97. The van der Waals surface area contributed by atoms with E-state index in [1.165, 1.54) is 6.92 Å². The van der Waals surface area contributed by atoms with Gasteiger partial charge in [0.05, 0.1) is 6.04 Å². The summed E-state index contributed by atoms with van der Waals surface area (Å²) < 4.78 is 0. The molecule has 0 rings (SSSR count). The van der Waals surface area contributed by atoms with Crippen LogP contribution in [0, 0.1) is 0 Å². The third kappa shape index (κ3) is 6.30. The molecule has 0 aliphatic carbocycles. The summed E-state index contributed by atoms with van der Waals surface area (Å²) in [6.07, 6.45) is 2.80. The lowest BCUT2D eigenvalue weighted by Gasteiger charge is -2.05. The van der Waals surface area contributed by atoms with E-state index >= 15 is 0 Å². The van der Waals surface area contributed by atoms with Gasteiger partial charge in [0.2, 0.25) is 11.8 Å². The fraction of sp³-hybridized carbons (Fsp3) is 0.667. The molecule has 0 aliphatic heterocycles. The van der Waals surface area contributed by atoms with E-state index in [0.29, 0.717) is 19.3 Å². The summed E-state index contributed by atoms with van der Waals surface area (Å²) in [6.45, 7) is 1.51. The molecule has 3 N–H and O–H groups in total. The summed E-state index contributed by atoms with van der Waals surface area (Å²) in [4.78, 5) is 31.9. The fourth-order valence-corrected chi connectivity index (χ4v) is 0.827. The van der Waals surface area contributed by atoms with E-state index in [1.54, 1.807) is 0 Å². The normalized spacial score (nSPS) is 11.9. The second kappa shape index (κ2) is 7.20. The number of amides is 2. The molecule has 0 fully saturated rings. The van der Waals surface area contributed by atoms with Crippen LogP contribution in [0.15, 0.2) is 0 Å². The topological polar surface area (TPSA) is 89.3 Å². The Labute approximate surface area is 83.0 Å². The maximum absolute atomic E-state index is 11.0. The first-order chi connectivity index (χ1) is 6.57. The molecule has 0 unspecified atom stereocenters. The maximum Gasteiger partial charge on any atom is 0.243 e. The Bertz CT molecular complexity index is 214. The van der Waals surface area contributed by atoms with Crippen molar-refractivity contribution in [3.8, 4) is 0 Å². The van der Waals surface area contributed by atoms with Gasteiger partial charge in [-0.2, -0.15) is 0 Å². The van der Waals surface area contributed by atoms with Crippen molar-refractivity contribution in [2.45, 2.75) is 38.6 Å². The number of carbonyl (C=O) groups excluding carboxylic acids is 3. The Balaban J connectivity index is 3.55. The highest BCUT2D eigenvalue weighted by Gasteiger charge is 2.10. The highest BCUT2D eigenvalue weighted by atomic mass is 16.2. The molecule has 0 heterocycles. The van der Waals surface area contributed by atoms with Crippen molar-refractivity contribution in [1.29, 1.82) is 0 Å². The van der Waals surface area contributed by atoms with E-state index in [-0.39, 0.29) is 12.3 Å². The number of carbonyl (C=O) groups is 3. The Kier molecular flexibility index (Phi) is 6.57. The molecular formula is C9H16N2O3. The standard InChI is InChI=1S/C9H16N2O3/c1-7(10)9(14)11-8(13)5-3-2-4-6-12/h6-7H,2-5,10H2,1H3,(H,11,13,14)/t7-/m0/s1. The monoisotopic (exact) mass is 200 g/mol. The number of nitrogens with two attached hydrogens (primary N) is 1. The van der Waals surface area contributed by atoms with E-state index in [9.17, 15) is 14.4 Å². The molecule has 5 heteroatoms. The first kappa shape index (κ1) is 12.8. The Morgan fingerprint density at radius 1 is 1.43 bits per heavy atom. The largest absolute Gasteiger partial charge is 0.320 e. The molecule has 0 bridgehead atoms. The summed E-state index contributed by atoms with van der Waals surface area (Å²) in [7, 11) is 0. The van der Waals surface area contributed by atoms with Gasteiger partial charge < -0.3 is 10.5 Å². The van der Waals surface area contributed by atoms with Gasteiger partial charge in [-0.1, -0.05) is 0 Å². The van der Waals surface area contributed by atoms with Crippen LogP contribution in [0.25, 0.3) is 0 Å². The smallest absolute Gasteiger partial charge is 0.243 e. The third-order valence-electron chi connectivity index (χ3n) is 1.65. The molecule has 0 saturated carbocycles. The van der Waals surface area contributed by atoms with Gasteiger partial charge in [0.25, 0.3) is 0 Å². The molecule has 0 aromatic heterocycles. The lowest BCUT2D eigenvalue weighted by Crippen LogP contribution is -2.41. The SMILES string of the molecule is C[C@H](N)C(=O)NC(=O)CCCCC=O. The predicted molar refractivity (Wildman–Crippen MR) is 51.3 cm³/mol. The van der Waals surface area contributed by atoms with Crippen molar-refractivity contribution < 1.29 is 14.4 Å². The summed E-state index contributed by atoms with van der Waals surface area (Å²) in [5.74, 6) is -0.802. The molecule has 5 nitrogen and oxygen atoms in total. The van der Waals surface area contributed by atoms with Gasteiger partial charge in [0, 0.05) is 12.8 Å². The number of hydrogen-bond donors (Lipinski definition) is 2. The summed E-state index contributed by atoms with van der Waals surface area (Å²) >= 11 is 0. The molecule has 0 saturated heterocycles. The molecule has 0 aliphatic rings. The number of aldehydes is 1. The van der Waals surface area contributed by atoms with Crippen LogP contribution in [0.1, 0.15) is 32.6 Å². The molecule has 80 valence electrons. The molecule has 14 heavy (non-hydrogen) atoms. The Hall–Kier alpha value is -1.23. The molecule has 0 aromatic carbocycles. The predicted octanol–water partition coefficient (Wildman–Crippen LogP) is -0.264. The van der Waals surface area contributed by atoms with E-state index in [1.807, 2.05) is 0 Å². The minimum atomic E-state index is -0.672. The molecule has 2 amide bonds. The second-order valence-corrected chi connectivity index (χ2v) is 3.11. The lowest BCUT2D eigenvalue weighted by atomic mass is 10.2. The first-order valence-corrected chi connectivity index (χ1v) is 4.61. The average molecular weight is 200 g/mol. The summed E-state index contributed by atoms with van der Waals surface area (Å²) in [5.41, 5.74) is 5.25. The van der Waals surface area contributed by atoms with Gasteiger partial charge in [-0.05, 0) is 19.8 Å². The number of rotatable bonds is 6. The van der Waals surface area contributed by atoms with Gasteiger partial charge in [-0.15, -0.1) is 0 Å². The van der Waals surface area contributed by atoms with Crippen LogP contribution in [0.2, 0.25) is 0 Å². The molecule has 1 atom stereocenters. The van der Waals surface area contributed by atoms with Crippen molar-refractivity contribution in [3.05, 3.63) is 0 Å².